The summed E-state index contributed by atoms with van der Waals surface area (Å²) in [6.07, 6.45) is 11.1. The van der Waals surface area contributed by atoms with Crippen LogP contribution in [-0.4, -0.2) is 86.9 Å². The van der Waals surface area contributed by atoms with Crippen molar-refractivity contribution in [1.82, 2.24) is 14.7 Å². The molecule has 1 N–H and O–H groups in total. The summed E-state index contributed by atoms with van der Waals surface area (Å²) in [5, 5.41) is 10.4. The number of unbranched alkanes of at least 4 members (excludes halogenated alkanes) is 2. The molecule has 1 aromatic rings. The van der Waals surface area contributed by atoms with E-state index in [9.17, 15) is 19.5 Å². The fourth-order valence-electron chi connectivity index (χ4n) is 6.37. The van der Waals surface area contributed by atoms with Crippen LogP contribution in [0.15, 0.2) is 54.6 Å². The smallest absolute Gasteiger partial charge is 0.247 e. The Hall–Kier alpha value is -2.58. The zero-order valence-corrected chi connectivity index (χ0v) is 21.8. The van der Waals surface area contributed by atoms with Crippen molar-refractivity contribution in [2.24, 2.45) is 11.8 Å². The van der Waals surface area contributed by atoms with E-state index in [2.05, 4.69) is 6.92 Å². The molecule has 0 radical (unpaired) electrons. The first-order valence-corrected chi connectivity index (χ1v) is 13.9. The standard InChI is InChI=1S/C28H35N3O4S/c1-3-4-8-16-30-17-10-14-28-23(22-21(36-28)13-9-15-29(2)25(22)33)26(34)31(24(28)27(30)35)20(18-32)19-11-6-5-7-12-19/h5-7,9-14,20-24,32H,3-4,8,15-18H2,1-2H3/t20-,21-,22+,23+,24?,28+/m1/s1. The monoisotopic (exact) mass is 509 g/mol. The number of rotatable bonds is 7. The van der Waals surface area contributed by atoms with Crippen LogP contribution in [0.2, 0.25) is 0 Å². The zero-order valence-electron chi connectivity index (χ0n) is 21.0. The van der Waals surface area contributed by atoms with Crippen LogP contribution in [-0.2, 0) is 14.4 Å². The van der Waals surface area contributed by atoms with E-state index in [-0.39, 0.29) is 29.6 Å². The predicted octanol–water partition coefficient (Wildman–Crippen LogP) is 2.63. The molecule has 0 saturated carbocycles. The summed E-state index contributed by atoms with van der Waals surface area (Å²) in [6.45, 7) is 3.47. The van der Waals surface area contributed by atoms with Crippen LogP contribution >= 0.6 is 11.8 Å². The lowest BCUT2D eigenvalue weighted by atomic mass is 9.78. The van der Waals surface area contributed by atoms with Gasteiger partial charge in [-0.25, -0.2) is 0 Å². The molecule has 0 aromatic heterocycles. The zero-order chi connectivity index (χ0) is 25.4. The molecule has 5 rings (SSSR count). The van der Waals surface area contributed by atoms with E-state index < -0.39 is 28.7 Å². The SMILES string of the molecule is CCCCCN1CC=C[C@]23S[C@@H]4C=CCN(C)C(=O)[C@@H]4[C@H]2C(=O)N([C@H](CO)c2ccccc2)C3C1=O. The minimum Gasteiger partial charge on any atom is -0.394 e. The number of benzene rings is 1. The number of carbonyl (C=O) groups excluding carboxylic acids is 3. The maximum absolute atomic E-state index is 14.4. The Labute approximate surface area is 217 Å². The lowest BCUT2D eigenvalue weighted by Gasteiger charge is -2.38. The lowest BCUT2D eigenvalue weighted by molar-refractivity contribution is -0.146. The van der Waals surface area contributed by atoms with Crippen LogP contribution in [0, 0.1) is 11.8 Å². The molecule has 1 unspecified atom stereocenters. The molecule has 2 saturated heterocycles. The molecular formula is C28H35N3O4S. The van der Waals surface area contributed by atoms with E-state index in [1.165, 1.54) is 0 Å². The number of aliphatic hydroxyl groups is 1. The third kappa shape index (κ3) is 3.89. The molecule has 192 valence electrons. The summed E-state index contributed by atoms with van der Waals surface area (Å²) >= 11 is 1.58. The Morgan fingerprint density at radius 3 is 2.56 bits per heavy atom. The number of nitrogens with zero attached hydrogens (tertiary/aromatic N) is 3. The Morgan fingerprint density at radius 1 is 1.06 bits per heavy atom. The average molecular weight is 510 g/mol. The van der Waals surface area contributed by atoms with Crippen molar-refractivity contribution < 1.29 is 19.5 Å². The second kappa shape index (κ2) is 10.1. The molecule has 7 nitrogen and oxygen atoms in total. The third-order valence-electron chi connectivity index (χ3n) is 8.11. The Morgan fingerprint density at radius 2 is 1.83 bits per heavy atom. The van der Waals surface area contributed by atoms with Gasteiger partial charge >= 0.3 is 0 Å². The van der Waals surface area contributed by atoms with E-state index in [0.717, 1.165) is 24.8 Å². The molecule has 8 heteroatoms. The number of likely N-dealkylation sites (tertiary alicyclic amines) is 1. The molecule has 1 aromatic carbocycles. The fraction of sp³-hybridized carbons (Fsp3) is 0.536. The molecule has 4 aliphatic heterocycles. The summed E-state index contributed by atoms with van der Waals surface area (Å²) in [5.74, 6) is -1.57. The Bertz CT molecular complexity index is 1080. The molecule has 1 spiro atoms. The first kappa shape index (κ1) is 25.1. The minimum absolute atomic E-state index is 0.0570. The van der Waals surface area contributed by atoms with Crippen molar-refractivity contribution in [3.05, 3.63) is 60.2 Å². The van der Waals surface area contributed by atoms with Gasteiger partial charge in [0.2, 0.25) is 17.7 Å². The molecule has 36 heavy (non-hydrogen) atoms. The topological polar surface area (TPSA) is 81.2 Å². The number of likely N-dealkylation sites (N-methyl/N-ethyl adjacent to an activating group) is 1. The first-order valence-electron chi connectivity index (χ1n) is 13.0. The van der Waals surface area contributed by atoms with Crippen LogP contribution in [0.3, 0.4) is 0 Å². The number of amides is 3. The molecule has 0 aliphatic carbocycles. The summed E-state index contributed by atoms with van der Waals surface area (Å²) in [5.41, 5.74) is 0.785. The van der Waals surface area contributed by atoms with Gasteiger partial charge in [-0.3, -0.25) is 14.4 Å². The van der Waals surface area contributed by atoms with E-state index in [1.54, 1.807) is 28.6 Å². The normalized spacial score (nSPS) is 32.3. The van der Waals surface area contributed by atoms with Gasteiger partial charge < -0.3 is 19.8 Å². The number of hydrogen-bond donors (Lipinski definition) is 1. The Kier molecular flexibility index (Phi) is 7.01. The van der Waals surface area contributed by atoms with Crippen molar-refractivity contribution in [2.45, 2.75) is 48.3 Å². The van der Waals surface area contributed by atoms with Crippen LogP contribution in [0.5, 0.6) is 0 Å². The van der Waals surface area contributed by atoms with Crippen molar-refractivity contribution in [1.29, 1.82) is 0 Å². The van der Waals surface area contributed by atoms with E-state index >= 15 is 0 Å². The third-order valence-corrected chi connectivity index (χ3v) is 9.85. The van der Waals surface area contributed by atoms with Crippen LogP contribution in [0.25, 0.3) is 0 Å². The molecule has 4 aliphatic rings. The first-order chi connectivity index (χ1) is 17.4. The van der Waals surface area contributed by atoms with Gasteiger partial charge in [0.25, 0.3) is 0 Å². The summed E-state index contributed by atoms with van der Waals surface area (Å²) in [7, 11) is 1.77. The highest BCUT2D eigenvalue weighted by Gasteiger charge is 2.71. The maximum Gasteiger partial charge on any atom is 0.247 e. The molecule has 4 heterocycles. The van der Waals surface area contributed by atoms with Gasteiger partial charge in [0.1, 0.15) is 6.04 Å². The molecule has 3 amide bonds. The van der Waals surface area contributed by atoms with Gasteiger partial charge in [-0.1, -0.05) is 74.4 Å². The highest BCUT2D eigenvalue weighted by atomic mass is 32.2. The van der Waals surface area contributed by atoms with Gasteiger partial charge in [-0.2, -0.15) is 0 Å². The maximum atomic E-state index is 14.4. The molecule has 0 bridgehead atoms. The number of hydrogen-bond acceptors (Lipinski definition) is 5. The van der Waals surface area contributed by atoms with Crippen molar-refractivity contribution in [3.63, 3.8) is 0 Å². The quantitative estimate of drug-likeness (QED) is 0.452. The van der Waals surface area contributed by atoms with E-state index in [0.29, 0.717) is 19.6 Å². The largest absolute Gasteiger partial charge is 0.394 e. The predicted molar refractivity (Wildman–Crippen MR) is 140 cm³/mol. The highest BCUT2D eigenvalue weighted by molar-refractivity contribution is 8.02. The number of aliphatic hydroxyl groups excluding tert-OH is 1. The Balaban J connectivity index is 1.62. The van der Waals surface area contributed by atoms with Gasteiger partial charge in [0.15, 0.2) is 0 Å². The van der Waals surface area contributed by atoms with E-state index in [4.69, 9.17) is 0 Å². The molecule has 6 atom stereocenters. The fourth-order valence-corrected chi connectivity index (χ4v) is 8.36. The average Bonchev–Trinajstić information content (AvgIpc) is 3.21. The van der Waals surface area contributed by atoms with Gasteiger partial charge in [0.05, 0.1) is 29.2 Å². The van der Waals surface area contributed by atoms with Crippen LogP contribution < -0.4 is 0 Å². The van der Waals surface area contributed by atoms with Gasteiger partial charge in [-0.05, 0) is 12.0 Å². The molecular weight excluding hydrogens is 474 g/mol. The van der Waals surface area contributed by atoms with Crippen molar-refractivity contribution >= 4 is 29.5 Å². The summed E-state index contributed by atoms with van der Waals surface area (Å²) in [6, 6.07) is 7.97. The number of fused-ring (bicyclic) bond motifs is 2. The second-order valence-electron chi connectivity index (χ2n) is 10.2. The van der Waals surface area contributed by atoms with Gasteiger partial charge in [0, 0.05) is 31.9 Å². The minimum atomic E-state index is -0.858. The van der Waals surface area contributed by atoms with Crippen LogP contribution in [0.1, 0.15) is 37.8 Å². The summed E-state index contributed by atoms with van der Waals surface area (Å²) < 4.78 is -0.858. The lowest BCUT2D eigenvalue weighted by Crippen LogP contribution is -2.54. The van der Waals surface area contributed by atoms with Crippen molar-refractivity contribution in [3.8, 4) is 0 Å². The highest BCUT2D eigenvalue weighted by Crippen LogP contribution is 2.62. The second-order valence-corrected chi connectivity index (χ2v) is 11.7. The van der Waals surface area contributed by atoms with Crippen molar-refractivity contribution in [2.75, 3.05) is 33.3 Å². The molecule has 2 fully saturated rings. The van der Waals surface area contributed by atoms with Gasteiger partial charge in [-0.15, -0.1) is 11.8 Å². The number of carbonyl (C=O) groups is 3. The summed E-state index contributed by atoms with van der Waals surface area (Å²) in [4.78, 5) is 47.3. The van der Waals surface area contributed by atoms with Crippen LogP contribution in [0.4, 0.5) is 0 Å². The van der Waals surface area contributed by atoms with E-state index in [1.807, 2.05) is 59.5 Å². The number of thioether (sulfide) groups is 1.